The third-order valence-electron chi connectivity index (χ3n) is 3.61. The van der Waals surface area contributed by atoms with Gasteiger partial charge in [-0.05, 0) is 23.3 Å². The highest BCUT2D eigenvalue weighted by atomic mass is 32.2. The molecule has 1 aliphatic carbocycles. The lowest BCUT2D eigenvalue weighted by molar-refractivity contribution is -0.140. The van der Waals surface area contributed by atoms with Gasteiger partial charge in [-0.3, -0.25) is 9.59 Å². The van der Waals surface area contributed by atoms with E-state index >= 15 is 0 Å². The van der Waals surface area contributed by atoms with Crippen molar-refractivity contribution in [2.75, 3.05) is 11.1 Å². The minimum atomic E-state index is -1.12. The van der Waals surface area contributed by atoms with Crippen molar-refractivity contribution in [3.63, 3.8) is 0 Å². The normalized spacial score (nSPS) is 19.6. The smallest absolute Gasteiger partial charge is 0.327 e. The van der Waals surface area contributed by atoms with Crippen LogP contribution in [0.1, 0.15) is 30.2 Å². The molecule has 0 aliphatic heterocycles. The molecule has 0 spiro atoms. The van der Waals surface area contributed by atoms with Crippen molar-refractivity contribution in [1.29, 1.82) is 0 Å². The molecule has 2 amide bonds. The Morgan fingerprint density at radius 1 is 1.24 bits per heavy atom. The van der Waals surface area contributed by atoms with Crippen LogP contribution < -0.4 is 10.6 Å². The summed E-state index contributed by atoms with van der Waals surface area (Å²) in [6.45, 7) is 2.68. The quantitative estimate of drug-likeness (QED) is 0.606. The number of amides is 2. The summed E-state index contributed by atoms with van der Waals surface area (Å²) in [5.74, 6) is -1.59. The van der Waals surface area contributed by atoms with Crippen molar-refractivity contribution >= 4 is 41.3 Å². The van der Waals surface area contributed by atoms with Gasteiger partial charge in [0.05, 0.1) is 11.4 Å². The van der Waals surface area contributed by atoms with Gasteiger partial charge in [0.1, 0.15) is 6.04 Å². The van der Waals surface area contributed by atoms with Gasteiger partial charge < -0.3 is 20.8 Å². The number of carboxylic acid groups (broad SMARTS) is 1. The molecule has 134 valence electrons. The van der Waals surface area contributed by atoms with Crippen molar-refractivity contribution in [2.45, 2.75) is 31.2 Å². The molecule has 4 N–H and O–H groups in total. The van der Waals surface area contributed by atoms with E-state index in [1.165, 1.54) is 25.6 Å². The van der Waals surface area contributed by atoms with Gasteiger partial charge in [-0.2, -0.15) is 0 Å². The largest absolute Gasteiger partial charge is 0.480 e. The van der Waals surface area contributed by atoms with Gasteiger partial charge in [-0.1, -0.05) is 18.2 Å². The molecule has 8 heteroatoms. The van der Waals surface area contributed by atoms with E-state index in [1.54, 1.807) is 30.4 Å². The lowest BCUT2D eigenvalue weighted by Crippen LogP contribution is -2.41. The molecule has 1 aromatic rings. The number of hydrogen-bond acceptors (Lipinski definition) is 5. The standard InChI is InChI=1S/C17H20N2O5S/c1-9(20)18-12-4-5-13-11(7-12)3-6-15(22)16(13)25-8-14(17(23)24)19-10(2)21/h3-7,14-16,22H,8H2,1-2H3,(H,18,20)(H,19,21)(H,23,24)/t14-,15?,16?/m0/s1. The van der Waals surface area contributed by atoms with Crippen molar-refractivity contribution in [2.24, 2.45) is 0 Å². The second-order valence-electron chi connectivity index (χ2n) is 5.72. The van der Waals surface area contributed by atoms with Crippen LogP contribution in [0.15, 0.2) is 24.3 Å². The maximum Gasteiger partial charge on any atom is 0.327 e. The molecule has 0 saturated carbocycles. The molecule has 7 nitrogen and oxygen atoms in total. The number of thioether (sulfide) groups is 1. The molecule has 0 radical (unpaired) electrons. The van der Waals surface area contributed by atoms with E-state index in [4.69, 9.17) is 0 Å². The molecule has 2 unspecified atom stereocenters. The maximum absolute atomic E-state index is 11.2. The average Bonchev–Trinajstić information content (AvgIpc) is 2.51. The van der Waals surface area contributed by atoms with Crippen LogP contribution in [0.5, 0.6) is 0 Å². The highest BCUT2D eigenvalue weighted by Gasteiger charge is 2.28. The van der Waals surface area contributed by atoms with Gasteiger partial charge in [0.2, 0.25) is 11.8 Å². The molecule has 0 bridgehead atoms. The Bertz CT molecular complexity index is 719. The van der Waals surface area contributed by atoms with Crippen LogP contribution >= 0.6 is 11.8 Å². The molecular formula is C17H20N2O5S. The summed E-state index contributed by atoms with van der Waals surface area (Å²) in [4.78, 5) is 33.5. The van der Waals surface area contributed by atoms with Gasteiger partial charge in [0, 0.05) is 25.3 Å². The Balaban J connectivity index is 2.16. The summed E-state index contributed by atoms with van der Waals surface area (Å²) in [6.07, 6.45) is 2.63. The number of fused-ring (bicyclic) bond motifs is 1. The molecule has 0 heterocycles. The summed E-state index contributed by atoms with van der Waals surface area (Å²) in [5, 5.41) is 24.2. The predicted octanol–water partition coefficient (Wildman–Crippen LogP) is 1.40. The first-order valence-corrected chi connectivity index (χ1v) is 8.72. The van der Waals surface area contributed by atoms with Crippen LogP contribution in [-0.2, 0) is 14.4 Å². The topological polar surface area (TPSA) is 116 Å². The number of hydrogen-bond donors (Lipinski definition) is 4. The highest BCUT2D eigenvalue weighted by molar-refractivity contribution is 7.99. The lowest BCUT2D eigenvalue weighted by Gasteiger charge is -2.27. The molecule has 0 saturated heterocycles. The summed E-state index contributed by atoms with van der Waals surface area (Å²) in [6, 6.07) is 4.32. The molecule has 0 aromatic heterocycles. The maximum atomic E-state index is 11.2. The SMILES string of the molecule is CC(=O)Nc1ccc2c(c1)C=CC(O)C2SC[C@H](NC(C)=O)C(=O)O. The molecule has 25 heavy (non-hydrogen) atoms. The van der Waals surface area contributed by atoms with Crippen LogP contribution in [0.3, 0.4) is 0 Å². The highest BCUT2D eigenvalue weighted by Crippen LogP contribution is 2.39. The van der Waals surface area contributed by atoms with Crippen molar-refractivity contribution < 1.29 is 24.6 Å². The Morgan fingerprint density at radius 2 is 1.96 bits per heavy atom. The van der Waals surface area contributed by atoms with E-state index < -0.39 is 24.0 Å². The third kappa shape index (κ3) is 5.07. The Hall–Kier alpha value is -2.32. The first kappa shape index (κ1) is 19.0. The van der Waals surface area contributed by atoms with Gasteiger partial charge in [0.15, 0.2) is 0 Å². The average molecular weight is 364 g/mol. The number of aliphatic hydroxyl groups excluding tert-OH is 1. The first-order valence-electron chi connectivity index (χ1n) is 7.67. The fourth-order valence-electron chi connectivity index (χ4n) is 2.55. The Kier molecular flexibility index (Phi) is 6.22. The number of aliphatic carboxylic acids is 1. The molecule has 1 aromatic carbocycles. The number of carboxylic acids is 1. The zero-order valence-corrected chi connectivity index (χ0v) is 14.7. The number of aliphatic hydroxyl groups is 1. The van der Waals surface area contributed by atoms with Crippen molar-refractivity contribution in [3.05, 3.63) is 35.4 Å². The van der Waals surface area contributed by atoms with E-state index in [0.29, 0.717) is 5.69 Å². The molecule has 2 rings (SSSR count). The Labute approximate surface area is 149 Å². The van der Waals surface area contributed by atoms with Gasteiger partial charge in [-0.15, -0.1) is 11.8 Å². The van der Waals surface area contributed by atoms with E-state index in [9.17, 15) is 24.6 Å². The molecular weight excluding hydrogens is 344 g/mol. The molecule has 0 fully saturated rings. The number of carbonyl (C=O) groups is 3. The second kappa shape index (κ2) is 8.17. The summed E-state index contributed by atoms with van der Waals surface area (Å²) in [5.41, 5.74) is 2.35. The third-order valence-corrected chi connectivity index (χ3v) is 5.03. The summed E-state index contributed by atoms with van der Waals surface area (Å²) >= 11 is 1.26. The van der Waals surface area contributed by atoms with E-state index in [2.05, 4.69) is 10.6 Å². The number of benzene rings is 1. The fourth-order valence-corrected chi connectivity index (χ4v) is 3.86. The zero-order chi connectivity index (χ0) is 18.6. The van der Waals surface area contributed by atoms with E-state index in [-0.39, 0.29) is 16.9 Å². The number of anilines is 1. The van der Waals surface area contributed by atoms with Gasteiger partial charge in [0.25, 0.3) is 0 Å². The summed E-state index contributed by atoms with van der Waals surface area (Å²) < 4.78 is 0. The van der Waals surface area contributed by atoms with Crippen molar-refractivity contribution in [1.82, 2.24) is 5.32 Å². The lowest BCUT2D eigenvalue weighted by atomic mass is 9.94. The Morgan fingerprint density at radius 3 is 2.56 bits per heavy atom. The minimum Gasteiger partial charge on any atom is -0.480 e. The van der Waals surface area contributed by atoms with Crippen molar-refractivity contribution in [3.8, 4) is 0 Å². The van der Waals surface area contributed by atoms with E-state index in [1.807, 2.05) is 0 Å². The molecule has 3 atom stereocenters. The van der Waals surface area contributed by atoms with Crippen LogP contribution in [0.2, 0.25) is 0 Å². The minimum absolute atomic E-state index is 0.122. The second-order valence-corrected chi connectivity index (χ2v) is 6.89. The molecule has 1 aliphatic rings. The van der Waals surface area contributed by atoms with E-state index in [0.717, 1.165) is 11.1 Å². The first-order chi connectivity index (χ1) is 11.8. The summed E-state index contributed by atoms with van der Waals surface area (Å²) in [7, 11) is 0. The van der Waals surface area contributed by atoms with Gasteiger partial charge >= 0.3 is 5.97 Å². The number of nitrogens with one attached hydrogen (secondary N) is 2. The van der Waals surface area contributed by atoms with Crippen LogP contribution in [0.4, 0.5) is 5.69 Å². The fraction of sp³-hybridized carbons (Fsp3) is 0.353. The number of carbonyl (C=O) groups excluding carboxylic acids is 2. The van der Waals surface area contributed by atoms with Crippen LogP contribution in [0.25, 0.3) is 6.08 Å². The predicted molar refractivity (Wildman–Crippen MR) is 96.2 cm³/mol. The van der Waals surface area contributed by atoms with Gasteiger partial charge in [-0.25, -0.2) is 4.79 Å². The van der Waals surface area contributed by atoms with Crippen LogP contribution in [0, 0.1) is 0 Å². The number of rotatable bonds is 6. The zero-order valence-electron chi connectivity index (χ0n) is 13.9. The monoisotopic (exact) mass is 364 g/mol. The van der Waals surface area contributed by atoms with Crippen LogP contribution in [-0.4, -0.2) is 45.9 Å².